The van der Waals surface area contributed by atoms with Crippen LogP contribution in [0, 0.1) is 0 Å². The minimum absolute atomic E-state index is 0.00415. The summed E-state index contributed by atoms with van der Waals surface area (Å²) in [6.45, 7) is 0.361. The van der Waals surface area contributed by atoms with Crippen LogP contribution in [0.3, 0.4) is 0 Å². The molecule has 0 saturated heterocycles. The molecule has 0 unspecified atom stereocenters. The van der Waals surface area contributed by atoms with Crippen molar-refractivity contribution in [2.75, 3.05) is 30.9 Å². The van der Waals surface area contributed by atoms with Gasteiger partial charge in [-0.15, -0.1) is 0 Å². The maximum Gasteiger partial charge on any atom is 0.225 e. The van der Waals surface area contributed by atoms with Gasteiger partial charge in [0.1, 0.15) is 11.6 Å². The number of nitrogens with one attached hydrogen (secondary N) is 2. The number of nitrogens with zero attached hydrogens (tertiary/aromatic N) is 3. The van der Waals surface area contributed by atoms with E-state index in [1.165, 1.54) is 0 Å². The number of hydrogen-bond acceptors (Lipinski definition) is 7. The first-order valence-corrected chi connectivity index (χ1v) is 7.85. The van der Waals surface area contributed by atoms with Gasteiger partial charge in [0, 0.05) is 30.6 Å². The van der Waals surface area contributed by atoms with Crippen molar-refractivity contribution in [2.24, 2.45) is 0 Å². The first-order chi connectivity index (χ1) is 12.3. The third-order valence-corrected chi connectivity index (χ3v) is 3.39. The molecule has 0 atom stereocenters. The molecule has 0 bridgehead atoms. The molecule has 1 aromatic carbocycles. The van der Waals surface area contributed by atoms with Gasteiger partial charge < -0.3 is 20.5 Å². The van der Waals surface area contributed by atoms with Crippen molar-refractivity contribution < 1.29 is 9.84 Å². The minimum atomic E-state index is -0.00415. The molecule has 0 fully saturated rings. The molecule has 0 aliphatic heterocycles. The number of methoxy groups -OCH3 is 1. The SMILES string of the molecule is COc1cccc(Nc2cc(-c3ccccn3)nc(NCCO)n2)c1. The molecule has 0 spiro atoms. The topological polar surface area (TPSA) is 92.2 Å². The van der Waals surface area contributed by atoms with Gasteiger partial charge in [-0.1, -0.05) is 12.1 Å². The largest absolute Gasteiger partial charge is 0.497 e. The highest BCUT2D eigenvalue weighted by molar-refractivity contribution is 5.65. The monoisotopic (exact) mass is 337 g/mol. The molecule has 0 amide bonds. The van der Waals surface area contributed by atoms with Crippen LogP contribution < -0.4 is 15.4 Å². The fraction of sp³-hybridized carbons (Fsp3) is 0.167. The first-order valence-electron chi connectivity index (χ1n) is 7.85. The summed E-state index contributed by atoms with van der Waals surface area (Å²) in [5.41, 5.74) is 2.27. The van der Waals surface area contributed by atoms with Crippen LogP contribution in [-0.2, 0) is 0 Å². The summed E-state index contributed by atoms with van der Waals surface area (Å²) < 4.78 is 5.24. The molecule has 0 aliphatic rings. The number of benzene rings is 1. The number of rotatable bonds is 7. The molecule has 2 aromatic heterocycles. The van der Waals surface area contributed by atoms with E-state index in [9.17, 15) is 0 Å². The number of anilines is 3. The normalized spacial score (nSPS) is 10.3. The van der Waals surface area contributed by atoms with Crippen LogP contribution in [0.1, 0.15) is 0 Å². The van der Waals surface area contributed by atoms with Gasteiger partial charge in [-0.2, -0.15) is 4.98 Å². The van der Waals surface area contributed by atoms with Gasteiger partial charge in [-0.25, -0.2) is 4.98 Å². The fourth-order valence-corrected chi connectivity index (χ4v) is 2.25. The van der Waals surface area contributed by atoms with Crippen molar-refractivity contribution in [3.63, 3.8) is 0 Å². The van der Waals surface area contributed by atoms with E-state index < -0.39 is 0 Å². The number of pyridine rings is 1. The maximum absolute atomic E-state index is 9.02. The van der Waals surface area contributed by atoms with Crippen LogP contribution in [0.15, 0.2) is 54.7 Å². The molecule has 3 N–H and O–H groups in total. The Bertz CT molecular complexity index is 827. The second-order valence-corrected chi connectivity index (χ2v) is 5.18. The number of ether oxygens (including phenoxy) is 1. The van der Waals surface area contributed by atoms with Gasteiger partial charge in [0.15, 0.2) is 0 Å². The van der Waals surface area contributed by atoms with Crippen LogP contribution in [0.5, 0.6) is 5.75 Å². The third kappa shape index (κ3) is 4.42. The highest BCUT2D eigenvalue weighted by Crippen LogP contribution is 2.24. The predicted octanol–water partition coefficient (Wildman–Crippen LogP) is 2.69. The number of aromatic nitrogens is 3. The Labute approximate surface area is 145 Å². The number of aliphatic hydroxyl groups excluding tert-OH is 1. The van der Waals surface area contributed by atoms with E-state index in [2.05, 4.69) is 25.6 Å². The van der Waals surface area contributed by atoms with Crippen molar-refractivity contribution in [1.29, 1.82) is 0 Å². The molecule has 0 aliphatic carbocycles. The van der Waals surface area contributed by atoms with E-state index >= 15 is 0 Å². The molecule has 0 radical (unpaired) electrons. The highest BCUT2D eigenvalue weighted by Gasteiger charge is 2.08. The molecular formula is C18H19N5O2. The zero-order valence-electron chi connectivity index (χ0n) is 13.8. The Morgan fingerprint density at radius 3 is 2.72 bits per heavy atom. The van der Waals surface area contributed by atoms with E-state index in [-0.39, 0.29) is 6.61 Å². The minimum Gasteiger partial charge on any atom is -0.497 e. The van der Waals surface area contributed by atoms with Gasteiger partial charge in [-0.3, -0.25) is 4.98 Å². The van der Waals surface area contributed by atoms with Crippen LogP contribution in [-0.4, -0.2) is 40.3 Å². The maximum atomic E-state index is 9.02. The number of aliphatic hydroxyl groups is 1. The van der Waals surface area contributed by atoms with Crippen molar-refractivity contribution in [3.8, 4) is 17.1 Å². The lowest BCUT2D eigenvalue weighted by Crippen LogP contribution is -2.10. The zero-order valence-corrected chi connectivity index (χ0v) is 13.8. The zero-order chi connectivity index (χ0) is 17.5. The van der Waals surface area contributed by atoms with Gasteiger partial charge in [-0.05, 0) is 24.3 Å². The standard InChI is InChI=1S/C18H19N5O2/c1-25-14-6-4-5-13(11-14)21-17-12-16(15-7-2-3-8-19-15)22-18(23-17)20-9-10-24/h2-8,11-12,24H,9-10H2,1H3,(H2,20,21,22,23). The summed E-state index contributed by atoms with van der Waals surface area (Å²) in [6, 6.07) is 15.0. The summed E-state index contributed by atoms with van der Waals surface area (Å²) in [5, 5.41) is 15.2. The van der Waals surface area contributed by atoms with Gasteiger partial charge in [0.05, 0.1) is 25.1 Å². The second kappa shape index (κ2) is 8.07. The summed E-state index contributed by atoms with van der Waals surface area (Å²) in [5.74, 6) is 1.79. The van der Waals surface area contributed by atoms with Crippen LogP contribution in [0.4, 0.5) is 17.5 Å². The quantitative estimate of drug-likeness (QED) is 0.610. The predicted molar refractivity (Wildman–Crippen MR) is 97.1 cm³/mol. The van der Waals surface area contributed by atoms with Gasteiger partial charge in [0.2, 0.25) is 5.95 Å². The molecule has 2 heterocycles. The smallest absolute Gasteiger partial charge is 0.225 e. The van der Waals surface area contributed by atoms with E-state index in [1.54, 1.807) is 13.3 Å². The average molecular weight is 337 g/mol. The van der Waals surface area contributed by atoms with E-state index in [0.29, 0.717) is 24.0 Å². The molecule has 7 nitrogen and oxygen atoms in total. The summed E-state index contributed by atoms with van der Waals surface area (Å²) in [7, 11) is 1.62. The van der Waals surface area contributed by atoms with Gasteiger partial charge >= 0.3 is 0 Å². The summed E-state index contributed by atoms with van der Waals surface area (Å²) in [4.78, 5) is 13.2. The van der Waals surface area contributed by atoms with Crippen LogP contribution in [0.2, 0.25) is 0 Å². The van der Waals surface area contributed by atoms with Crippen molar-refractivity contribution in [2.45, 2.75) is 0 Å². The second-order valence-electron chi connectivity index (χ2n) is 5.18. The van der Waals surface area contributed by atoms with Crippen LogP contribution in [0.25, 0.3) is 11.4 Å². The molecule has 3 rings (SSSR count). The molecule has 0 saturated carbocycles. The Balaban J connectivity index is 1.93. The summed E-state index contributed by atoms with van der Waals surface area (Å²) >= 11 is 0. The van der Waals surface area contributed by atoms with E-state index in [1.807, 2.05) is 48.5 Å². The van der Waals surface area contributed by atoms with Gasteiger partial charge in [0.25, 0.3) is 0 Å². The van der Waals surface area contributed by atoms with Crippen molar-refractivity contribution in [3.05, 3.63) is 54.7 Å². The van der Waals surface area contributed by atoms with E-state index in [4.69, 9.17) is 9.84 Å². The highest BCUT2D eigenvalue weighted by atomic mass is 16.5. The Kier molecular flexibility index (Phi) is 5.38. The van der Waals surface area contributed by atoms with Crippen molar-refractivity contribution in [1.82, 2.24) is 15.0 Å². The summed E-state index contributed by atoms with van der Waals surface area (Å²) in [6.07, 6.45) is 1.72. The molecule has 3 aromatic rings. The van der Waals surface area contributed by atoms with Crippen molar-refractivity contribution >= 4 is 17.5 Å². The first kappa shape index (κ1) is 16.7. The third-order valence-electron chi connectivity index (χ3n) is 3.39. The Morgan fingerprint density at radius 1 is 1.04 bits per heavy atom. The molecular weight excluding hydrogens is 318 g/mol. The fourth-order valence-electron chi connectivity index (χ4n) is 2.25. The lowest BCUT2D eigenvalue weighted by atomic mass is 10.2. The van der Waals surface area contributed by atoms with E-state index in [0.717, 1.165) is 17.1 Å². The average Bonchev–Trinajstić information content (AvgIpc) is 2.67. The Hall–Kier alpha value is -3.19. The lowest BCUT2D eigenvalue weighted by Gasteiger charge is -2.11. The number of hydrogen-bond donors (Lipinski definition) is 3. The molecule has 25 heavy (non-hydrogen) atoms. The molecule has 7 heteroatoms. The Morgan fingerprint density at radius 2 is 1.96 bits per heavy atom. The lowest BCUT2D eigenvalue weighted by molar-refractivity contribution is 0.311. The molecule has 128 valence electrons. The van der Waals surface area contributed by atoms with Crippen LogP contribution >= 0.6 is 0 Å².